The van der Waals surface area contributed by atoms with E-state index >= 15 is 0 Å². The normalized spacial score (nSPS) is 13.5. The van der Waals surface area contributed by atoms with E-state index in [1.165, 1.54) is 50.5 Å². The fourth-order valence-corrected chi connectivity index (χ4v) is 5.35. The zero-order valence-corrected chi connectivity index (χ0v) is 20.5. The predicted molar refractivity (Wildman–Crippen MR) is 151 cm³/mol. The number of nitrogens with zero attached hydrogens (tertiary/aromatic N) is 3. The molecule has 180 valence electrons. The number of aromatic nitrogens is 2. The highest BCUT2D eigenvalue weighted by Gasteiger charge is 2.33. The quantitative estimate of drug-likeness (QED) is 0.256. The topological polar surface area (TPSA) is 11.0 Å². The molecule has 3 heteroatoms. The number of hydrogen-bond acceptors (Lipinski definition) is 1. The molecule has 2 aliphatic heterocycles. The minimum Gasteiger partial charge on any atom is -0.378 e. The molecular formula is C33H35N3+2. The second-order valence-corrected chi connectivity index (χ2v) is 9.66. The number of rotatable bonds is 4. The fourth-order valence-electron chi connectivity index (χ4n) is 5.35. The smallest absolute Gasteiger partial charge is 0.214 e. The first-order valence-electron chi connectivity index (χ1n) is 12.5. The van der Waals surface area contributed by atoms with E-state index in [9.17, 15) is 0 Å². The number of aryl methyl sites for hydroxylation is 4. The van der Waals surface area contributed by atoms with Crippen LogP contribution >= 0.6 is 0 Å². The molecule has 0 saturated carbocycles. The molecule has 0 bridgehead atoms. The van der Waals surface area contributed by atoms with E-state index in [-0.39, 0.29) is 7.43 Å². The van der Waals surface area contributed by atoms with Crippen LogP contribution in [0.25, 0.3) is 34.7 Å². The molecule has 0 N–H and O–H groups in total. The van der Waals surface area contributed by atoms with Crippen molar-refractivity contribution in [3.8, 4) is 22.5 Å². The van der Waals surface area contributed by atoms with Crippen molar-refractivity contribution < 1.29 is 9.13 Å². The lowest BCUT2D eigenvalue weighted by atomic mass is 9.85. The van der Waals surface area contributed by atoms with Crippen molar-refractivity contribution in [3.05, 3.63) is 114 Å². The summed E-state index contributed by atoms with van der Waals surface area (Å²) in [6.45, 7) is 2.08. The van der Waals surface area contributed by atoms with Gasteiger partial charge in [-0.05, 0) is 40.5 Å². The first-order valence-corrected chi connectivity index (χ1v) is 12.5. The third-order valence-corrected chi connectivity index (χ3v) is 7.23. The van der Waals surface area contributed by atoms with Crippen LogP contribution < -0.4 is 14.0 Å². The van der Waals surface area contributed by atoms with Gasteiger partial charge in [0.05, 0.1) is 11.1 Å². The average molecular weight is 474 g/mol. The summed E-state index contributed by atoms with van der Waals surface area (Å²) in [5, 5.41) is 0. The minimum absolute atomic E-state index is 0. The lowest BCUT2D eigenvalue weighted by Crippen LogP contribution is -2.43. The van der Waals surface area contributed by atoms with Gasteiger partial charge in [0.1, 0.15) is 0 Å². The molecule has 2 aliphatic rings. The number of benzene rings is 2. The molecule has 0 amide bonds. The standard InChI is InChI=1S/C32H31N3.CH4/c1-33(2)28-14-10-24(11-15-28)7-3-4-8-25-16-20-35-22-18-27-13-12-26-17-21-34-19-6-5-9-29(34)31(26)32(27)30(35)23-25;/h3-16,19-20,23H,17-18,21-22H2,1-2H3;1H4/q+2;. The van der Waals surface area contributed by atoms with Crippen LogP contribution in [0.2, 0.25) is 0 Å². The van der Waals surface area contributed by atoms with Gasteiger partial charge in [-0.1, -0.05) is 56.0 Å². The maximum Gasteiger partial charge on any atom is 0.214 e. The first kappa shape index (κ1) is 23.7. The monoisotopic (exact) mass is 473 g/mol. The Morgan fingerprint density at radius 3 is 2.00 bits per heavy atom. The molecule has 0 unspecified atom stereocenters. The summed E-state index contributed by atoms with van der Waals surface area (Å²) < 4.78 is 4.82. The van der Waals surface area contributed by atoms with Gasteiger partial charge in [-0.2, -0.15) is 9.13 Å². The van der Waals surface area contributed by atoms with E-state index in [1.807, 2.05) is 0 Å². The Labute approximate surface area is 215 Å². The van der Waals surface area contributed by atoms with E-state index in [1.54, 1.807) is 0 Å². The number of anilines is 1. The van der Waals surface area contributed by atoms with E-state index in [0.29, 0.717) is 0 Å². The highest BCUT2D eigenvalue weighted by atomic mass is 15.1. The van der Waals surface area contributed by atoms with Gasteiger partial charge < -0.3 is 4.90 Å². The second kappa shape index (κ2) is 9.94. The van der Waals surface area contributed by atoms with Crippen molar-refractivity contribution in [2.24, 2.45) is 0 Å². The van der Waals surface area contributed by atoms with Crippen molar-refractivity contribution in [2.45, 2.75) is 33.4 Å². The Kier molecular flexibility index (Phi) is 6.56. The van der Waals surface area contributed by atoms with Crippen LogP contribution in [0.4, 0.5) is 5.69 Å². The maximum atomic E-state index is 2.42. The van der Waals surface area contributed by atoms with Crippen molar-refractivity contribution in [1.82, 2.24) is 0 Å². The minimum atomic E-state index is 0. The Hall–Kier alpha value is -3.98. The summed E-state index contributed by atoms with van der Waals surface area (Å²) in [4.78, 5) is 2.12. The van der Waals surface area contributed by atoms with Crippen LogP contribution in [0.1, 0.15) is 29.7 Å². The highest BCUT2D eigenvalue weighted by Crippen LogP contribution is 2.39. The summed E-state index contributed by atoms with van der Waals surface area (Å²) in [7, 11) is 4.13. The summed E-state index contributed by atoms with van der Waals surface area (Å²) in [6.07, 6.45) is 15.3. The van der Waals surface area contributed by atoms with Gasteiger partial charge in [0.2, 0.25) is 11.4 Å². The molecule has 4 aromatic rings. The Balaban J connectivity index is 0.00000267. The van der Waals surface area contributed by atoms with Gasteiger partial charge in [0.15, 0.2) is 25.5 Å². The second-order valence-electron chi connectivity index (χ2n) is 9.66. The molecule has 6 rings (SSSR count). The highest BCUT2D eigenvalue weighted by molar-refractivity contribution is 5.84. The van der Waals surface area contributed by atoms with Gasteiger partial charge in [-0.3, -0.25) is 0 Å². The van der Waals surface area contributed by atoms with E-state index in [4.69, 9.17) is 0 Å². The van der Waals surface area contributed by atoms with Crippen molar-refractivity contribution >= 4 is 17.8 Å². The Bertz CT molecular complexity index is 1460. The summed E-state index contributed by atoms with van der Waals surface area (Å²) >= 11 is 0. The Morgan fingerprint density at radius 2 is 1.31 bits per heavy atom. The van der Waals surface area contributed by atoms with Gasteiger partial charge in [-0.25, -0.2) is 0 Å². The molecule has 2 aromatic heterocycles. The molecule has 36 heavy (non-hydrogen) atoms. The molecule has 0 radical (unpaired) electrons. The fraction of sp³-hybridized carbons (Fsp3) is 0.212. The van der Waals surface area contributed by atoms with Crippen molar-refractivity contribution in [3.63, 3.8) is 0 Å². The molecule has 0 saturated heterocycles. The van der Waals surface area contributed by atoms with Crippen LogP contribution in [0.15, 0.2) is 91.3 Å². The molecule has 0 atom stereocenters. The van der Waals surface area contributed by atoms with Gasteiger partial charge in [-0.15, -0.1) is 0 Å². The molecule has 4 heterocycles. The molecule has 0 aliphatic carbocycles. The average Bonchev–Trinajstić information content (AvgIpc) is 2.90. The number of fused-ring (bicyclic) bond motifs is 7. The first-order chi connectivity index (χ1) is 17.2. The molecule has 2 aromatic carbocycles. The van der Waals surface area contributed by atoms with Gasteiger partial charge in [0.25, 0.3) is 0 Å². The third-order valence-electron chi connectivity index (χ3n) is 7.23. The predicted octanol–water partition coefficient (Wildman–Crippen LogP) is 6.14. The summed E-state index contributed by atoms with van der Waals surface area (Å²) in [5.41, 5.74) is 12.1. The molecular weight excluding hydrogens is 438 g/mol. The zero-order chi connectivity index (χ0) is 23.8. The van der Waals surface area contributed by atoms with Crippen molar-refractivity contribution in [2.75, 3.05) is 19.0 Å². The summed E-state index contributed by atoms with van der Waals surface area (Å²) in [6, 6.07) is 24.5. The lowest BCUT2D eigenvalue weighted by molar-refractivity contribution is -0.689. The van der Waals surface area contributed by atoms with E-state index < -0.39 is 0 Å². The molecule has 0 fully saturated rings. The van der Waals surface area contributed by atoms with Gasteiger partial charge >= 0.3 is 0 Å². The SMILES string of the molecule is C.CN(C)c1ccc(/C=C/C=C/c2cc[n+]3c(c2)-c2c(ccc4c2-c2cccc[n+]2CC4)CC3)cc1. The maximum absolute atomic E-state index is 2.42. The molecule has 0 spiro atoms. The van der Waals surface area contributed by atoms with Crippen LogP contribution in [0.5, 0.6) is 0 Å². The molecule has 3 nitrogen and oxygen atoms in total. The number of allylic oxidation sites excluding steroid dienone is 2. The Morgan fingerprint density at radius 1 is 0.667 bits per heavy atom. The van der Waals surface area contributed by atoms with E-state index in [2.05, 4.69) is 132 Å². The van der Waals surface area contributed by atoms with Crippen LogP contribution in [0, 0.1) is 0 Å². The largest absolute Gasteiger partial charge is 0.378 e. The third kappa shape index (κ3) is 4.37. The van der Waals surface area contributed by atoms with Crippen LogP contribution in [-0.4, -0.2) is 14.1 Å². The lowest BCUT2D eigenvalue weighted by Gasteiger charge is -2.22. The van der Waals surface area contributed by atoms with Crippen molar-refractivity contribution in [1.29, 1.82) is 0 Å². The number of pyridine rings is 2. The summed E-state index contributed by atoms with van der Waals surface area (Å²) in [5.74, 6) is 0. The van der Waals surface area contributed by atoms with Gasteiger partial charge in [0, 0.05) is 56.9 Å². The van der Waals surface area contributed by atoms with Crippen LogP contribution in [-0.2, 0) is 25.9 Å². The zero-order valence-electron chi connectivity index (χ0n) is 20.5. The van der Waals surface area contributed by atoms with E-state index in [0.717, 1.165) is 25.9 Å². The number of hydrogen-bond donors (Lipinski definition) is 0. The van der Waals surface area contributed by atoms with Crippen LogP contribution in [0.3, 0.4) is 0 Å².